The van der Waals surface area contributed by atoms with E-state index in [0.717, 1.165) is 0 Å². The maximum Gasteiger partial charge on any atom is 0.252 e. The highest BCUT2D eigenvalue weighted by atomic mass is 35.5. The van der Waals surface area contributed by atoms with Crippen molar-refractivity contribution in [2.24, 2.45) is 0 Å². The van der Waals surface area contributed by atoms with Crippen LogP contribution in [0.2, 0.25) is 5.02 Å². The van der Waals surface area contributed by atoms with Crippen LogP contribution >= 0.6 is 11.6 Å². The number of H-pyrrole nitrogens is 1. The lowest BCUT2D eigenvalue weighted by molar-refractivity contribution is -0.133. The Kier molecular flexibility index (Phi) is 7.27. The topological polar surface area (TPSA) is 135 Å². The molecule has 0 bridgehead atoms. The minimum atomic E-state index is -2.88. The summed E-state index contributed by atoms with van der Waals surface area (Å²) in [5, 5.41) is 19.9. The Hall–Kier alpha value is -4.89. The van der Waals surface area contributed by atoms with Gasteiger partial charge in [-0.05, 0) is 30.7 Å². The maximum absolute atomic E-state index is 14.8. The number of nitrogens with zero attached hydrogens (tertiary/aromatic N) is 5. The van der Waals surface area contributed by atoms with Crippen LogP contribution in [0.4, 0.5) is 20.3 Å². The van der Waals surface area contributed by atoms with Crippen LogP contribution in [0.1, 0.15) is 42.9 Å². The van der Waals surface area contributed by atoms with Gasteiger partial charge in [0.05, 0.1) is 29.0 Å². The molecule has 4 aromatic rings. The molecule has 1 aliphatic heterocycles. The van der Waals surface area contributed by atoms with Gasteiger partial charge in [-0.3, -0.25) is 29.3 Å². The summed E-state index contributed by atoms with van der Waals surface area (Å²) in [5.74, 6) is -4.48. The second kappa shape index (κ2) is 11.1. The SMILES string of the molecule is N#Cc1ccnc(N2C(=O)CC[C@H]2C(=O)N(c2cccc3cn[nH]c23)C(C(=O)NC2CC(F)(F)C2)c2ccccc2Cl)c1. The molecule has 2 aromatic carbocycles. The highest BCUT2D eigenvalue weighted by Gasteiger charge is 2.49. The molecule has 1 saturated carbocycles. The van der Waals surface area contributed by atoms with Crippen molar-refractivity contribution < 1.29 is 23.2 Å². The molecule has 6 rings (SSSR count). The number of nitriles is 1. The smallest absolute Gasteiger partial charge is 0.252 e. The molecule has 218 valence electrons. The third kappa shape index (κ3) is 5.28. The van der Waals surface area contributed by atoms with Gasteiger partial charge in [-0.15, -0.1) is 0 Å². The van der Waals surface area contributed by atoms with E-state index in [-0.39, 0.29) is 46.4 Å². The molecular formula is C30H24ClF2N7O3. The molecule has 13 heteroatoms. The Bertz CT molecular complexity index is 1780. The Balaban J connectivity index is 1.49. The number of pyridine rings is 1. The quantitative estimate of drug-likeness (QED) is 0.315. The number of halogens is 3. The summed E-state index contributed by atoms with van der Waals surface area (Å²) in [4.78, 5) is 48.7. The molecule has 1 aliphatic carbocycles. The fourth-order valence-electron chi connectivity index (χ4n) is 5.66. The summed E-state index contributed by atoms with van der Waals surface area (Å²) in [5.41, 5.74) is 1.23. The van der Waals surface area contributed by atoms with Crippen LogP contribution in [0.5, 0.6) is 0 Å². The predicted octanol–water partition coefficient (Wildman–Crippen LogP) is 4.67. The first-order valence-corrected chi connectivity index (χ1v) is 13.9. The number of carbonyl (C=O) groups excluding carboxylic acids is 3. The number of alkyl halides is 2. The molecule has 3 amide bonds. The van der Waals surface area contributed by atoms with E-state index in [4.69, 9.17) is 11.6 Å². The highest BCUT2D eigenvalue weighted by Crippen LogP contribution is 2.40. The van der Waals surface area contributed by atoms with E-state index < -0.39 is 48.7 Å². The molecule has 0 spiro atoms. The second-order valence-electron chi connectivity index (χ2n) is 10.5. The molecular weight excluding hydrogens is 580 g/mol. The van der Waals surface area contributed by atoms with Gasteiger partial charge < -0.3 is 5.32 Å². The molecule has 0 radical (unpaired) electrons. The molecule has 2 atom stereocenters. The highest BCUT2D eigenvalue weighted by molar-refractivity contribution is 6.32. The summed E-state index contributed by atoms with van der Waals surface area (Å²) in [6.45, 7) is 0. The number of amides is 3. The lowest BCUT2D eigenvalue weighted by atomic mass is 9.87. The molecule has 2 aliphatic rings. The minimum absolute atomic E-state index is 0.0249. The largest absolute Gasteiger partial charge is 0.351 e. The number of fused-ring (bicyclic) bond motifs is 1. The molecule has 1 saturated heterocycles. The number of hydrogen-bond donors (Lipinski definition) is 2. The Morgan fingerprint density at radius 2 is 1.98 bits per heavy atom. The zero-order valence-electron chi connectivity index (χ0n) is 22.5. The molecule has 10 nitrogen and oxygen atoms in total. The molecule has 1 unspecified atom stereocenters. The lowest BCUT2D eigenvalue weighted by Crippen LogP contribution is -2.56. The Morgan fingerprint density at radius 3 is 2.72 bits per heavy atom. The lowest BCUT2D eigenvalue weighted by Gasteiger charge is -2.39. The van der Waals surface area contributed by atoms with E-state index >= 15 is 0 Å². The zero-order valence-corrected chi connectivity index (χ0v) is 23.3. The predicted molar refractivity (Wildman–Crippen MR) is 153 cm³/mol. The fourth-order valence-corrected chi connectivity index (χ4v) is 5.90. The van der Waals surface area contributed by atoms with Crippen LogP contribution in [-0.4, -0.2) is 50.9 Å². The van der Waals surface area contributed by atoms with Gasteiger partial charge in [0.2, 0.25) is 11.8 Å². The van der Waals surface area contributed by atoms with Gasteiger partial charge in [-0.2, -0.15) is 10.4 Å². The Labute approximate surface area is 249 Å². The number of hydrogen-bond acceptors (Lipinski definition) is 6. The standard InChI is InChI=1S/C30H24ClF2N7O3/c31-21-6-2-1-5-20(21)27(28(42)37-19-13-30(32,33)14-19)40(22-7-3-4-18-16-36-38-26(18)22)29(43)23-8-9-25(41)39(23)24-12-17(15-34)10-11-35-24/h1-7,10-12,16,19,23,27H,8-9,13-14H2,(H,36,38)(H,37,42)/t23-,27?/m0/s1. The van der Waals surface area contributed by atoms with Gasteiger partial charge in [0.15, 0.2) is 0 Å². The summed E-state index contributed by atoms with van der Waals surface area (Å²) in [6.07, 6.45) is 2.02. The van der Waals surface area contributed by atoms with Crippen LogP contribution in [0, 0.1) is 11.3 Å². The Morgan fingerprint density at radius 1 is 1.19 bits per heavy atom. The molecule has 2 fully saturated rings. The fraction of sp³-hybridized carbons (Fsp3) is 0.267. The van der Waals surface area contributed by atoms with Crippen LogP contribution < -0.4 is 15.1 Å². The van der Waals surface area contributed by atoms with E-state index in [0.29, 0.717) is 10.9 Å². The van der Waals surface area contributed by atoms with Crippen LogP contribution in [-0.2, 0) is 14.4 Å². The van der Waals surface area contributed by atoms with Crippen molar-refractivity contribution in [3.05, 3.63) is 83.1 Å². The number of rotatable bonds is 7. The average Bonchev–Trinajstić information content (AvgIpc) is 3.62. The molecule has 2 N–H and O–H groups in total. The normalized spacial score (nSPS) is 18.6. The van der Waals surface area contributed by atoms with Crippen molar-refractivity contribution >= 4 is 51.7 Å². The summed E-state index contributed by atoms with van der Waals surface area (Å²) >= 11 is 6.60. The minimum Gasteiger partial charge on any atom is -0.351 e. The van der Waals surface area contributed by atoms with Gasteiger partial charge in [0.25, 0.3) is 11.8 Å². The van der Waals surface area contributed by atoms with Crippen molar-refractivity contribution in [2.45, 2.75) is 49.7 Å². The third-order valence-electron chi connectivity index (χ3n) is 7.71. The number of para-hydroxylation sites is 1. The molecule has 43 heavy (non-hydrogen) atoms. The summed E-state index contributed by atoms with van der Waals surface area (Å²) < 4.78 is 27.4. The number of benzene rings is 2. The second-order valence-corrected chi connectivity index (χ2v) is 11.0. The van der Waals surface area contributed by atoms with Gasteiger partial charge in [0, 0.05) is 47.5 Å². The number of anilines is 2. The first-order valence-electron chi connectivity index (χ1n) is 13.5. The van der Waals surface area contributed by atoms with E-state index in [1.807, 2.05) is 6.07 Å². The number of nitrogens with one attached hydrogen (secondary N) is 2. The summed E-state index contributed by atoms with van der Waals surface area (Å²) in [6, 6.07) is 13.2. The average molecular weight is 604 g/mol. The van der Waals surface area contributed by atoms with Gasteiger partial charge >= 0.3 is 0 Å². The molecule has 3 heterocycles. The maximum atomic E-state index is 14.8. The van der Waals surface area contributed by atoms with E-state index in [1.165, 1.54) is 28.1 Å². The van der Waals surface area contributed by atoms with E-state index in [2.05, 4.69) is 20.5 Å². The first-order chi connectivity index (χ1) is 20.7. The first kappa shape index (κ1) is 28.2. The van der Waals surface area contributed by atoms with E-state index in [1.54, 1.807) is 48.7 Å². The number of aromatic nitrogens is 3. The third-order valence-corrected chi connectivity index (χ3v) is 8.06. The molecule has 2 aromatic heterocycles. The number of carbonyl (C=O) groups is 3. The van der Waals surface area contributed by atoms with Crippen LogP contribution in [0.15, 0.2) is 67.0 Å². The van der Waals surface area contributed by atoms with Crippen molar-refractivity contribution in [2.75, 3.05) is 9.80 Å². The zero-order chi connectivity index (χ0) is 30.3. The van der Waals surface area contributed by atoms with Crippen molar-refractivity contribution in [3.63, 3.8) is 0 Å². The van der Waals surface area contributed by atoms with Gasteiger partial charge in [-0.1, -0.05) is 41.9 Å². The van der Waals surface area contributed by atoms with Crippen LogP contribution in [0.3, 0.4) is 0 Å². The van der Waals surface area contributed by atoms with Crippen LogP contribution in [0.25, 0.3) is 10.9 Å². The number of aromatic amines is 1. The van der Waals surface area contributed by atoms with Gasteiger partial charge in [-0.25, -0.2) is 13.8 Å². The monoisotopic (exact) mass is 603 g/mol. The van der Waals surface area contributed by atoms with Gasteiger partial charge in [0.1, 0.15) is 17.9 Å². The van der Waals surface area contributed by atoms with Crippen molar-refractivity contribution in [3.8, 4) is 6.07 Å². The van der Waals surface area contributed by atoms with Crippen molar-refractivity contribution in [1.29, 1.82) is 5.26 Å². The van der Waals surface area contributed by atoms with Crippen molar-refractivity contribution in [1.82, 2.24) is 20.5 Å². The van der Waals surface area contributed by atoms with E-state index in [9.17, 15) is 28.4 Å². The summed E-state index contributed by atoms with van der Waals surface area (Å²) in [7, 11) is 0.